The monoisotopic (exact) mass is 269 g/mol. The lowest BCUT2D eigenvalue weighted by atomic mass is 10.3. The van der Waals surface area contributed by atoms with Crippen LogP contribution in [0.3, 0.4) is 0 Å². The van der Waals surface area contributed by atoms with Crippen LogP contribution in [0, 0.1) is 0 Å². The van der Waals surface area contributed by atoms with Gasteiger partial charge < -0.3 is 10.1 Å². The summed E-state index contributed by atoms with van der Waals surface area (Å²) in [5.74, 6) is 0.395. The van der Waals surface area contributed by atoms with Crippen molar-refractivity contribution in [2.45, 2.75) is 0 Å². The molecule has 1 aromatic carbocycles. The van der Waals surface area contributed by atoms with E-state index in [-0.39, 0.29) is 10.3 Å². The summed E-state index contributed by atoms with van der Waals surface area (Å²) in [6.07, 6.45) is 0. The van der Waals surface area contributed by atoms with E-state index in [1.54, 1.807) is 31.4 Å². The normalized spacial score (nSPS) is 10.0. The van der Waals surface area contributed by atoms with Crippen LogP contribution in [0.2, 0.25) is 4.47 Å². The number of hydrogen-bond donors (Lipinski definition) is 1. The van der Waals surface area contributed by atoms with Gasteiger partial charge in [0.2, 0.25) is 10.3 Å². The van der Waals surface area contributed by atoms with Crippen molar-refractivity contribution in [1.29, 1.82) is 0 Å². The van der Waals surface area contributed by atoms with Crippen molar-refractivity contribution in [3.63, 3.8) is 0 Å². The third-order valence-corrected chi connectivity index (χ3v) is 2.75. The average Bonchev–Trinajstić information content (AvgIpc) is 2.77. The molecular formula is C10H8ClN3O2S. The highest BCUT2D eigenvalue weighted by atomic mass is 35.5. The van der Waals surface area contributed by atoms with E-state index in [1.807, 2.05) is 0 Å². The summed E-state index contributed by atoms with van der Waals surface area (Å²) in [6.45, 7) is 0. The van der Waals surface area contributed by atoms with E-state index < -0.39 is 5.91 Å². The van der Waals surface area contributed by atoms with Gasteiger partial charge in [-0.2, -0.15) is 9.36 Å². The van der Waals surface area contributed by atoms with Crippen LogP contribution in [0.5, 0.6) is 5.75 Å². The number of amides is 1. The first-order chi connectivity index (χ1) is 8.19. The van der Waals surface area contributed by atoms with Crippen LogP contribution in [0.15, 0.2) is 24.3 Å². The molecule has 7 heteroatoms. The number of anilines is 1. The molecule has 1 N–H and O–H groups in total. The summed E-state index contributed by atoms with van der Waals surface area (Å²) < 4.78 is 9.06. The van der Waals surface area contributed by atoms with Crippen molar-refractivity contribution < 1.29 is 9.53 Å². The van der Waals surface area contributed by atoms with Gasteiger partial charge in [0, 0.05) is 5.69 Å². The molecule has 0 radical (unpaired) electrons. The van der Waals surface area contributed by atoms with Gasteiger partial charge in [-0.1, -0.05) is 0 Å². The smallest absolute Gasteiger partial charge is 0.294 e. The molecule has 17 heavy (non-hydrogen) atoms. The molecule has 0 aliphatic heterocycles. The fourth-order valence-corrected chi connectivity index (χ4v) is 1.75. The zero-order valence-corrected chi connectivity index (χ0v) is 10.4. The molecular weight excluding hydrogens is 262 g/mol. The van der Waals surface area contributed by atoms with E-state index in [1.165, 1.54) is 0 Å². The maximum Gasteiger partial charge on any atom is 0.294 e. The molecule has 0 unspecified atom stereocenters. The molecule has 0 spiro atoms. The van der Waals surface area contributed by atoms with Gasteiger partial charge in [-0.25, -0.2) is 0 Å². The van der Waals surface area contributed by atoms with Crippen molar-refractivity contribution in [2.24, 2.45) is 0 Å². The molecule has 88 valence electrons. The van der Waals surface area contributed by atoms with Gasteiger partial charge in [-0.15, -0.1) is 0 Å². The van der Waals surface area contributed by atoms with Crippen molar-refractivity contribution in [3.05, 3.63) is 34.6 Å². The largest absolute Gasteiger partial charge is 0.497 e. The molecule has 0 aliphatic rings. The zero-order valence-electron chi connectivity index (χ0n) is 8.81. The number of hydrogen-bond acceptors (Lipinski definition) is 5. The van der Waals surface area contributed by atoms with Crippen LogP contribution in [-0.2, 0) is 0 Å². The van der Waals surface area contributed by atoms with E-state index in [9.17, 15) is 4.79 Å². The number of methoxy groups -OCH3 is 1. The Morgan fingerprint density at radius 1 is 1.41 bits per heavy atom. The maximum atomic E-state index is 11.7. The van der Waals surface area contributed by atoms with Gasteiger partial charge in [-0.3, -0.25) is 4.79 Å². The number of benzene rings is 1. The summed E-state index contributed by atoms with van der Waals surface area (Å²) in [5, 5.41) is 2.65. The summed E-state index contributed by atoms with van der Waals surface area (Å²) >= 11 is 6.57. The second kappa shape index (κ2) is 5.11. The summed E-state index contributed by atoms with van der Waals surface area (Å²) in [6, 6.07) is 6.95. The lowest BCUT2D eigenvalue weighted by molar-refractivity contribution is 0.101. The first-order valence-corrected chi connectivity index (χ1v) is 5.79. The number of nitrogens with one attached hydrogen (secondary N) is 1. The van der Waals surface area contributed by atoms with E-state index in [4.69, 9.17) is 16.3 Å². The second-order valence-corrected chi connectivity index (χ2v) is 4.39. The third kappa shape index (κ3) is 2.92. The highest BCUT2D eigenvalue weighted by Gasteiger charge is 2.12. The molecule has 1 amide bonds. The van der Waals surface area contributed by atoms with E-state index in [2.05, 4.69) is 14.7 Å². The molecule has 0 fully saturated rings. The van der Waals surface area contributed by atoms with Crippen LogP contribution in [0.25, 0.3) is 0 Å². The van der Waals surface area contributed by atoms with E-state index in [0.717, 1.165) is 17.3 Å². The fraction of sp³-hybridized carbons (Fsp3) is 0.100. The highest BCUT2D eigenvalue weighted by Crippen LogP contribution is 2.16. The van der Waals surface area contributed by atoms with E-state index in [0.29, 0.717) is 5.69 Å². The Bertz CT molecular complexity index is 527. The minimum absolute atomic E-state index is 0.0656. The van der Waals surface area contributed by atoms with Crippen LogP contribution in [0.1, 0.15) is 10.6 Å². The first-order valence-electron chi connectivity index (χ1n) is 4.63. The highest BCUT2D eigenvalue weighted by molar-refractivity contribution is 7.10. The zero-order chi connectivity index (χ0) is 12.3. The molecule has 0 aliphatic carbocycles. The first kappa shape index (κ1) is 11.8. The minimum atomic E-state index is -0.390. The Kier molecular flexibility index (Phi) is 3.55. The van der Waals surface area contributed by atoms with Gasteiger partial charge in [-0.05, 0) is 47.4 Å². The number of carbonyl (C=O) groups is 1. The van der Waals surface area contributed by atoms with Gasteiger partial charge >= 0.3 is 0 Å². The number of nitrogens with zero attached hydrogens (tertiary/aromatic N) is 2. The molecule has 2 aromatic rings. The number of ether oxygens (including phenoxy) is 1. The number of halogens is 1. The molecule has 2 rings (SSSR count). The van der Waals surface area contributed by atoms with Crippen LogP contribution >= 0.6 is 23.1 Å². The lowest BCUT2D eigenvalue weighted by Gasteiger charge is -2.03. The topological polar surface area (TPSA) is 64.1 Å². The minimum Gasteiger partial charge on any atom is -0.497 e. The molecule has 1 aromatic heterocycles. The molecule has 0 atom stereocenters. The third-order valence-electron chi connectivity index (χ3n) is 1.95. The second-order valence-electron chi connectivity index (χ2n) is 3.05. The van der Waals surface area contributed by atoms with Gasteiger partial charge in [0.25, 0.3) is 5.91 Å². The summed E-state index contributed by atoms with van der Waals surface area (Å²) in [4.78, 5) is 15.4. The van der Waals surface area contributed by atoms with Crippen molar-refractivity contribution in [2.75, 3.05) is 12.4 Å². The number of rotatable bonds is 3. The Morgan fingerprint density at radius 2 is 2.12 bits per heavy atom. The molecule has 0 bridgehead atoms. The van der Waals surface area contributed by atoms with Gasteiger partial charge in [0.1, 0.15) is 5.75 Å². The van der Waals surface area contributed by atoms with Crippen molar-refractivity contribution >= 4 is 34.7 Å². The van der Waals surface area contributed by atoms with E-state index >= 15 is 0 Å². The molecule has 0 saturated carbocycles. The lowest BCUT2D eigenvalue weighted by Crippen LogP contribution is -2.13. The Balaban J connectivity index is 2.07. The SMILES string of the molecule is COc1ccc(NC(=O)c2nsc(Cl)n2)cc1. The number of aromatic nitrogens is 2. The maximum absolute atomic E-state index is 11.7. The van der Waals surface area contributed by atoms with Crippen molar-refractivity contribution in [3.8, 4) is 5.75 Å². The average molecular weight is 270 g/mol. The standard InChI is InChI=1S/C10H8ClN3O2S/c1-16-7-4-2-6(3-5-7)12-9(15)8-13-10(11)17-14-8/h2-5H,1H3,(H,12,15). The van der Waals surface area contributed by atoms with Crippen LogP contribution in [0.4, 0.5) is 5.69 Å². The molecule has 1 heterocycles. The summed E-state index contributed by atoms with van der Waals surface area (Å²) in [5.41, 5.74) is 0.640. The summed E-state index contributed by atoms with van der Waals surface area (Å²) in [7, 11) is 1.58. The fourth-order valence-electron chi connectivity index (χ4n) is 1.16. The number of carbonyl (C=O) groups excluding carboxylic acids is 1. The van der Waals surface area contributed by atoms with Gasteiger partial charge in [0.05, 0.1) is 7.11 Å². The Morgan fingerprint density at radius 3 is 2.65 bits per heavy atom. The molecule has 0 saturated heterocycles. The predicted molar refractivity (Wildman–Crippen MR) is 65.9 cm³/mol. The van der Waals surface area contributed by atoms with Crippen LogP contribution in [-0.4, -0.2) is 22.4 Å². The van der Waals surface area contributed by atoms with Crippen molar-refractivity contribution in [1.82, 2.24) is 9.36 Å². The Labute approximate surface area is 107 Å². The molecule has 5 nitrogen and oxygen atoms in total. The van der Waals surface area contributed by atoms with Crippen LogP contribution < -0.4 is 10.1 Å². The van der Waals surface area contributed by atoms with Gasteiger partial charge in [0.15, 0.2) is 0 Å². The predicted octanol–water partition coefficient (Wildman–Crippen LogP) is 2.45. The quantitative estimate of drug-likeness (QED) is 0.930. The Hall–Kier alpha value is -1.66.